The van der Waals surface area contributed by atoms with Gasteiger partial charge in [0.15, 0.2) is 0 Å². The number of rotatable bonds is 3. The molecule has 112 valence electrons. The fourth-order valence-electron chi connectivity index (χ4n) is 1.72. The molecule has 0 aliphatic carbocycles. The summed E-state index contributed by atoms with van der Waals surface area (Å²) < 4.78 is 38.9. The Balaban J connectivity index is 2.15. The second kappa shape index (κ2) is 6.27. The Morgan fingerprint density at radius 3 is 2.33 bits per heavy atom. The Bertz CT molecular complexity index is 659. The van der Waals surface area contributed by atoms with Crippen LogP contribution < -0.4 is 5.32 Å². The van der Waals surface area contributed by atoms with Crippen molar-refractivity contribution in [2.24, 2.45) is 0 Å². The number of benzene rings is 2. The molecule has 0 atom stereocenters. The first-order valence-electron chi connectivity index (χ1n) is 5.85. The first kappa shape index (κ1) is 16.2. The van der Waals surface area contributed by atoms with Crippen molar-refractivity contribution in [1.82, 2.24) is 0 Å². The van der Waals surface area contributed by atoms with E-state index in [1.54, 1.807) is 18.2 Å². The number of halogens is 5. The van der Waals surface area contributed by atoms with Gasteiger partial charge in [0.05, 0.1) is 10.0 Å². The molecule has 0 amide bonds. The van der Waals surface area contributed by atoms with Crippen LogP contribution in [0.4, 0.5) is 18.9 Å². The lowest BCUT2D eigenvalue weighted by Crippen LogP contribution is -2.07. The molecule has 0 spiro atoms. The third kappa shape index (κ3) is 4.14. The number of phenols is 1. The molecule has 0 bridgehead atoms. The van der Waals surface area contributed by atoms with Crippen LogP contribution in [-0.2, 0) is 12.7 Å². The maximum atomic E-state index is 12.8. The van der Waals surface area contributed by atoms with E-state index in [0.29, 0.717) is 16.7 Å². The molecular weight excluding hydrogens is 415 g/mol. The van der Waals surface area contributed by atoms with Crippen LogP contribution in [0.1, 0.15) is 11.1 Å². The summed E-state index contributed by atoms with van der Waals surface area (Å²) in [6, 6.07) is 8.89. The Morgan fingerprint density at radius 2 is 1.71 bits per heavy atom. The number of anilines is 1. The van der Waals surface area contributed by atoms with E-state index >= 15 is 0 Å². The highest BCUT2D eigenvalue weighted by Gasteiger charge is 2.33. The van der Waals surface area contributed by atoms with Gasteiger partial charge in [0.1, 0.15) is 5.75 Å². The van der Waals surface area contributed by atoms with E-state index in [1.807, 2.05) is 0 Å². The lowest BCUT2D eigenvalue weighted by molar-refractivity contribution is -0.138. The molecule has 0 aromatic heterocycles. The molecule has 7 heteroatoms. The number of nitrogens with one attached hydrogen (secondary N) is 1. The van der Waals surface area contributed by atoms with Gasteiger partial charge in [0.2, 0.25) is 0 Å². The van der Waals surface area contributed by atoms with Crippen molar-refractivity contribution in [2.75, 3.05) is 5.32 Å². The summed E-state index contributed by atoms with van der Waals surface area (Å²) in [6.45, 7) is 0.345. The van der Waals surface area contributed by atoms with Crippen molar-refractivity contribution in [3.05, 3.63) is 56.5 Å². The monoisotopic (exact) mass is 423 g/mol. The first-order chi connectivity index (χ1) is 9.77. The fraction of sp³-hybridized carbons (Fsp3) is 0.143. The third-order valence-electron chi connectivity index (χ3n) is 2.78. The average Bonchev–Trinajstić information content (AvgIpc) is 2.40. The van der Waals surface area contributed by atoms with Crippen molar-refractivity contribution in [3.8, 4) is 5.75 Å². The third-order valence-corrected chi connectivity index (χ3v) is 4.11. The highest BCUT2D eigenvalue weighted by atomic mass is 79.9. The average molecular weight is 425 g/mol. The molecule has 2 nitrogen and oxygen atoms in total. The number of hydrogen-bond donors (Lipinski definition) is 2. The van der Waals surface area contributed by atoms with E-state index in [9.17, 15) is 18.3 Å². The summed E-state index contributed by atoms with van der Waals surface area (Å²) >= 11 is 6.08. The van der Waals surface area contributed by atoms with Crippen LogP contribution >= 0.6 is 31.9 Å². The molecule has 21 heavy (non-hydrogen) atoms. The van der Waals surface area contributed by atoms with Gasteiger partial charge in [-0.2, -0.15) is 13.2 Å². The molecule has 0 unspecified atom stereocenters. The quantitative estimate of drug-likeness (QED) is 0.677. The highest BCUT2D eigenvalue weighted by molar-refractivity contribution is 9.10. The molecule has 0 fully saturated rings. The van der Waals surface area contributed by atoms with Crippen molar-refractivity contribution in [1.29, 1.82) is 0 Å². The predicted molar refractivity (Wildman–Crippen MR) is 82.3 cm³/mol. The topological polar surface area (TPSA) is 32.3 Å². The van der Waals surface area contributed by atoms with Gasteiger partial charge < -0.3 is 10.4 Å². The van der Waals surface area contributed by atoms with Crippen LogP contribution in [0.5, 0.6) is 5.75 Å². The minimum atomic E-state index is -4.40. The van der Waals surface area contributed by atoms with E-state index in [1.165, 1.54) is 12.1 Å². The Hall–Kier alpha value is -1.21. The summed E-state index contributed by atoms with van der Waals surface area (Å²) in [5.41, 5.74) is 0.477. The molecule has 0 aliphatic rings. The maximum absolute atomic E-state index is 12.8. The summed E-state index contributed by atoms with van der Waals surface area (Å²) in [7, 11) is 0. The number of aromatic hydroxyl groups is 1. The number of phenolic OH excluding ortho intramolecular Hbond substituents is 1. The molecule has 0 heterocycles. The molecular formula is C14H10Br2F3NO. The van der Waals surface area contributed by atoms with Gasteiger partial charge in [0.25, 0.3) is 0 Å². The lowest BCUT2D eigenvalue weighted by atomic mass is 10.1. The van der Waals surface area contributed by atoms with E-state index < -0.39 is 11.7 Å². The Morgan fingerprint density at radius 1 is 1.00 bits per heavy atom. The zero-order valence-corrected chi connectivity index (χ0v) is 13.7. The van der Waals surface area contributed by atoms with Crippen molar-refractivity contribution < 1.29 is 18.3 Å². The first-order valence-corrected chi connectivity index (χ1v) is 7.44. The van der Waals surface area contributed by atoms with E-state index in [4.69, 9.17) is 0 Å². The Labute approximate surface area is 136 Å². The minimum Gasteiger partial charge on any atom is -0.507 e. The minimum absolute atomic E-state index is 0.00734. The van der Waals surface area contributed by atoms with Crippen LogP contribution in [0, 0.1) is 0 Å². The highest BCUT2D eigenvalue weighted by Crippen LogP contribution is 2.36. The molecule has 2 aromatic carbocycles. The van der Waals surface area contributed by atoms with Gasteiger partial charge in [-0.05, 0) is 51.8 Å². The van der Waals surface area contributed by atoms with Crippen LogP contribution in [0.25, 0.3) is 0 Å². The molecule has 0 saturated carbocycles. The SMILES string of the molecule is Oc1ccc(CNc2ccc(Br)c(C(F)(F)F)c2)cc1Br. The fourth-order valence-corrected chi connectivity index (χ4v) is 2.61. The summed E-state index contributed by atoms with van der Waals surface area (Å²) in [5.74, 6) is 0.113. The maximum Gasteiger partial charge on any atom is 0.417 e. The summed E-state index contributed by atoms with van der Waals surface area (Å²) in [4.78, 5) is 0. The van der Waals surface area contributed by atoms with Crippen molar-refractivity contribution in [3.63, 3.8) is 0 Å². The van der Waals surface area contributed by atoms with Gasteiger partial charge >= 0.3 is 6.18 Å². The zero-order valence-electron chi connectivity index (χ0n) is 10.5. The normalized spacial score (nSPS) is 11.5. The summed E-state index contributed by atoms with van der Waals surface area (Å²) in [5, 5.41) is 12.3. The van der Waals surface area contributed by atoms with E-state index in [0.717, 1.165) is 11.6 Å². The largest absolute Gasteiger partial charge is 0.507 e. The molecule has 0 saturated heterocycles. The van der Waals surface area contributed by atoms with Gasteiger partial charge in [-0.25, -0.2) is 0 Å². The second-order valence-electron chi connectivity index (χ2n) is 4.33. The molecule has 2 rings (SSSR count). The summed E-state index contributed by atoms with van der Waals surface area (Å²) in [6.07, 6.45) is -4.40. The van der Waals surface area contributed by atoms with Crippen LogP contribution in [-0.4, -0.2) is 5.11 Å². The van der Waals surface area contributed by atoms with Crippen molar-refractivity contribution in [2.45, 2.75) is 12.7 Å². The van der Waals surface area contributed by atoms with Gasteiger partial charge in [-0.15, -0.1) is 0 Å². The Kier molecular flexibility index (Phi) is 4.83. The number of alkyl halides is 3. The molecule has 2 aromatic rings. The smallest absolute Gasteiger partial charge is 0.417 e. The predicted octanol–water partition coefficient (Wildman–Crippen LogP) is 5.55. The molecule has 2 N–H and O–H groups in total. The molecule has 0 aliphatic heterocycles. The van der Waals surface area contributed by atoms with Gasteiger partial charge in [-0.3, -0.25) is 0 Å². The second-order valence-corrected chi connectivity index (χ2v) is 6.04. The van der Waals surface area contributed by atoms with Crippen LogP contribution in [0.2, 0.25) is 0 Å². The van der Waals surface area contributed by atoms with Crippen LogP contribution in [0.3, 0.4) is 0 Å². The zero-order chi connectivity index (χ0) is 15.6. The number of hydrogen-bond acceptors (Lipinski definition) is 2. The van der Waals surface area contributed by atoms with Crippen LogP contribution in [0.15, 0.2) is 45.3 Å². The van der Waals surface area contributed by atoms with Gasteiger partial charge in [0, 0.05) is 16.7 Å². The lowest BCUT2D eigenvalue weighted by Gasteiger charge is -2.13. The van der Waals surface area contributed by atoms with E-state index in [2.05, 4.69) is 37.2 Å². The molecule has 0 radical (unpaired) electrons. The standard InChI is InChI=1S/C14H10Br2F3NO/c15-11-3-2-9(6-10(11)14(17,18)19)20-7-8-1-4-13(21)12(16)5-8/h1-6,20-21H,7H2. The van der Waals surface area contributed by atoms with Crippen molar-refractivity contribution >= 4 is 37.5 Å². The van der Waals surface area contributed by atoms with Gasteiger partial charge in [-0.1, -0.05) is 22.0 Å². The van der Waals surface area contributed by atoms with E-state index in [-0.39, 0.29) is 10.2 Å².